The monoisotopic (exact) mass is 225 g/mol. The number of ether oxygens (including phenoxy) is 1. The van der Waals surface area contributed by atoms with Gasteiger partial charge in [0, 0.05) is 13.2 Å². The molecule has 16 heavy (non-hydrogen) atoms. The molecule has 0 atom stereocenters. The third-order valence-electron chi connectivity index (χ3n) is 3.94. The van der Waals surface area contributed by atoms with Gasteiger partial charge in [-0.05, 0) is 32.1 Å². The Hall–Kier alpha value is -0.770. The van der Waals surface area contributed by atoms with Crippen LogP contribution < -0.4 is 11.1 Å². The first-order valence-corrected chi connectivity index (χ1v) is 6.36. The van der Waals surface area contributed by atoms with Crippen molar-refractivity contribution in [1.29, 1.82) is 0 Å². The molecule has 0 spiro atoms. The number of hydrogen-bond acceptors (Lipinski definition) is 2. The van der Waals surface area contributed by atoms with E-state index < -0.39 is 0 Å². The number of guanidine groups is 1. The number of nitrogens with two attached hydrogens (primary N) is 1. The van der Waals surface area contributed by atoms with Crippen LogP contribution in [0.4, 0.5) is 0 Å². The summed E-state index contributed by atoms with van der Waals surface area (Å²) in [7, 11) is 1.77. The maximum absolute atomic E-state index is 5.88. The highest BCUT2D eigenvalue weighted by molar-refractivity contribution is 5.78. The predicted molar refractivity (Wildman–Crippen MR) is 65.5 cm³/mol. The van der Waals surface area contributed by atoms with Gasteiger partial charge in [0.15, 0.2) is 5.96 Å². The SMILES string of the molecule is COC1(CN=C(N)NC2CCCC2)CCC1. The Morgan fingerprint density at radius 1 is 1.38 bits per heavy atom. The van der Waals surface area contributed by atoms with Crippen molar-refractivity contribution < 1.29 is 4.74 Å². The minimum absolute atomic E-state index is 0.0119. The summed E-state index contributed by atoms with van der Waals surface area (Å²) < 4.78 is 5.50. The number of aliphatic imine (C=N–C) groups is 1. The second-order valence-electron chi connectivity index (χ2n) is 5.07. The fraction of sp³-hybridized carbons (Fsp3) is 0.917. The van der Waals surface area contributed by atoms with Crippen molar-refractivity contribution in [2.24, 2.45) is 10.7 Å². The van der Waals surface area contributed by atoms with Gasteiger partial charge in [0.05, 0.1) is 12.1 Å². The van der Waals surface area contributed by atoms with Crippen LogP contribution in [0.25, 0.3) is 0 Å². The molecule has 4 heteroatoms. The van der Waals surface area contributed by atoms with Crippen LogP contribution in [0.15, 0.2) is 4.99 Å². The van der Waals surface area contributed by atoms with E-state index in [4.69, 9.17) is 10.5 Å². The summed E-state index contributed by atoms with van der Waals surface area (Å²) in [5, 5.41) is 3.30. The van der Waals surface area contributed by atoms with Gasteiger partial charge in [0.1, 0.15) is 0 Å². The van der Waals surface area contributed by atoms with E-state index in [1.807, 2.05) is 0 Å². The normalized spacial score (nSPS) is 25.4. The van der Waals surface area contributed by atoms with Gasteiger partial charge in [-0.15, -0.1) is 0 Å². The van der Waals surface area contributed by atoms with Crippen LogP contribution in [-0.2, 0) is 4.74 Å². The number of hydrogen-bond donors (Lipinski definition) is 2. The van der Waals surface area contributed by atoms with Crippen LogP contribution in [0.2, 0.25) is 0 Å². The summed E-state index contributed by atoms with van der Waals surface area (Å²) in [6, 6.07) is 0.545. The molecular weight excluding hydrogens is 202 g/mol. The van der Waals surface area contributed by atoms with Crippen LogP contribution in [0, 0.1) is 0 Å². The molecule has 0 heterocycles. The summed E-state index contributed by atoms with van der Waals surface area (Å²) in [5.74, 6) is 0.593. The van der Waals surface area contributed by atoms with Crippen LogP contribution in [-0.4, -0.2) is 31.3 Å². The molecule has 0 aromatic carbocycles. The van der Waals surface area contributed by atoms with E-state index in [0.717, 1.165) is 12.8 Å². The first-order valence-electron chi connectivity index (χ1n) is 6.36. The van der Waals surface area contributed by atoms with E-state index in [9.17, 15) is 0 Å². The molecule has 0 saturated heterocycles. The predicted octanol–water partition coefficient (Wildman–Crippen LogP) is 1.40. The van der Waals surface area contributed by atoms with Crippen molar-refractivity contribution in [1.82, 2.24) is 5.32 Å². The Morgan fingerprint density at radius 2 is 2.06 bits per heavy atom. The first-order chi connectivity index (χ1) is 7.74. The molecule has 0 bridgehead atoms. The van der Waals surface area contributed by atoms with Gasteiger partial charge in [-0.2, -0.15) is 0 Å². The zero-order valence-electron chi connectivity index (χ0n) is 10.2. The lowest BCUT2D eigenvalue weighted by Crippen LogP contribution is -2.44. The summed E-state index contributed by atoms with van der Waals surface area (Å²) >= 11 is 0. The lowest BCUT2D eigenvalue weighted by molar-refractivity contribution is -0.0630. The van der Waals surface area contributed by atoms with E-state index in [-0.39, 0.29) is 5.60 Å². The fourth-order valence-corrected chi connectivity index (χ4v) is 2.55. The van der Waals surface area contributed by atoms with Crippen LogP contribution in [0.5, 0.6) is 0 Å². The molecule has 2 saturated carbocycles. The van der Waals surface area contributed by atoms with E-state index in [1.54, 1.807) is 7.11 Å². The number of nitrogens with one attached hydrogen (secondary N) is 1. The van der Waals surface area contributed by atoms with Crippen molar-refractivity contribution in [3.63, 3.8) is 0 Å². The second-order valence-corrected chi connectivity index (χ2v) is 5.07. The highest BCUT2D eigenvalue weighted by Crippen LogP contribution is 2.35. The van der Waals surface area contributed by atoms with Crippen molar-refractivity contribution in [2.75, 3.05) is 13.7 Å². The molecule has 92 valence electrons. The quantitative estimate of drug-likeness (QED) is 0.561. The van der Waals surface area contributed by atoms with E-state index >= 15 is 0 Å². The second kappa shape index (κ2) is 5.04. The van der Waals surface area contributed by atoms with E-state index in [0.29, 0.717) is 18.5 Å². The number of rotatable bonds is 4. The molecule has 0 aliphatic heterocycles. The molecule has 2 fully saturated rings. The summed E-state index contributed by atoms with van der Waals surface area (Å²) in [6.45, 7) is 0.703. The molecule has 0 radical (unpaired) electrons. The Morgan fingerprint density at radius 3 is 2.56 bits per heavy atom. The minimum Gasteiger partial charge on any atom is -0.376 e. The summed E-state index contributed by atoms with van der Waals surface area (Å²) in [4.78, 5) is 4.41. The smallest absolute Gasteiger partial charge is 0.188 e. The average Bonchev–Trinajstić information content (AvgIpc) is 2.69. The Balaban J connectivity index is 1.77. The average molecular weight is 225 g/mol. The van der Waals surface area contributed by atoms with Crippen LogP contribution in [0.3, 0.4) is 0 Å². The maximum Gasteiger partial charge on any atom is 0.188 e. The third-order valence-corrected chi connectivity index (χ3v) is 3.94. The largest absolute Gasteiger partial charge is 0.376 e. The van der Waals surface area contributed by atoms with Gasteiger partial charge in [0.2, 0.25) is 0 Å². The molecule has 2 aliphatic carbocycles. The third kappa shape index (κ3) is 2.67. The van der Waals surface area contributed by atoms with Gasteiger partial charge < -0.3 is 15.8 Å². The molecule has 0 unspecified atom stereocenters. The lowest BCUT2D eigenvalue weighted by Gasteiger charge is -2.39. The number of methoxy groups -OCH3 is 1. The topological polar surface area (TPSA) is 59.6 Å². The van der Waals surface area contributed by atoms with Crippen molar-refractivity contribution in [3.05, 3.63) is 0 Å². The zero-order valence-corrected chi connectivity index (χ0v) is 10.2. The van der Waals surface area contributed by atoms with E-state index in [2.05, 4.69) is 10.3 Å². The van der Waals surface area contributed by atoms with Gasteiger partial charge >= 0.3 is 0 Å². The van der Waals surface area contributed by atoms with Gasteiger partial charge in [-0.3, -0.25) is 4.99 Å². The molecule has 0 aromatic rings. The molecular formula is C12H23N3O. The van der Waals surface area contributed by atoms with Crippen molar-refractivity contribution in [3.8, 4) is 0 Å². The lowest BCUT2D eigenvalue weighted by atomic mass is 9.80. The standard InChI is InChI=1S/C12H23N3O/c1-16-12(7-4-8-12)9-14-11(13)15-10-5-2-3-6-10/h10H,2-9H2,1H3,(H3,13,14,15). The number of nitrogens with zero attached hydrogens (tertiary/aromatic N) is 1. The van der Waals surface area contributed by atoms with Gasteiger partial charge in [-0.25, -0.2) is 0 Å². The molecule has 0 amide bonds. The van der Waals surface area contributed by atoms with Crippen LogP contribution in [0.1, 0.15) is 44.9 Å². The van der Waals surface area contributed by atoms with E-state index in [1.165, 1.54) is 32.1 Å². The molecule has 0 aromatic heterocycles. The summed E-state index contributed by atoms with van der Waals surface area (Å²) in [6.07, 6.45) is 8.56. The Bertz CT molecular complexity index is 249. The fourth-order valence-electron chi connectivity index (χ4n) is 2.55. The first kappa shape index (κ1) is 11.7. The van der Waals surface area contributed by atoms with Gasteiger partial charge in [0.25, 0.3) is 0 Å². The zero-order chi connectivity index (χ0) is 11.4. The summed E-state index contributed by atoms with van der Waals surface area (Å²) in [5.41, 5.74) is 5.87. The van der Waals surface area contributed by atoms with Crippen molar-refractivity contribution in [2.45, 2.75) is 56.6 Å². The van der Waals surface area contributed by atoms with Crippen molar-refractivity contribution >= 4 is 5.96 Å². The molecule has 2 rings (SSSR count). The molecule has 3 N–H and O–H groups in total. The maximum atomic E-state index is 5.88. The van der Waals surface area contributed by atoms with Crippen LogP contribution >= 0.6 is 0 Å². The molecule has 4 nitrogen and oxygen atoms in total. The highest BCUT2D eigenvalue weighted by Gasteiger charge is 2.36. The highest BCUT2D eigenvalue weighted by atomic mass is 16.5. The minimum atomic E-state index is -0.0119. The Kier molecular flexibility index (Phi) is 3.69. The Labute approximate surface area is 97.6 Å². The van der Waals surface area contributed by atoms with Gasteiger partial charge in [-0.1, -0.05) is 12.8 Å². The molecule has 2 aliphatic rings.